The van der Waals surface area contributed by atoms with E-state index in [-0.39, 0.29) is 23.2 Å². The molecule has 12 heteroatoms. The van der Waals surface area contributed by atoms with Crippen LogP contribution in [0.25, 0.3) is 11.6 Å². The molecule has 3 N–H and O–H groups in total. The molecule has 32 heavy (non-hydrogen) atoms. The van der Waals surface area contributed by atoms with Gasteiger partial charge in [-0.15, -0.1) is 10.2 Å². The van der Waals surface area contributed by atoms with Crippen molar-refractivity contribution < 1.29 is 9.21 Å². The van der Waals surface area contributed by atoms with E-state index in [9.17, 15) is 14.4 Å². The number of furan rings is 1. The highest BCUT2D eigenvalue weighted by atomic mass is 32.2. The summed E-state index contributed by atoms with van der Waals surface area (Å²) < 4.78 is 8.38. The van der Waals surface area contributed by atoms with Crippen molar-refractivity contribution in [3.8, 4) is 11.6 Å². The minimum atomic E-state index is -0.673. The molecule has 0 bridgehead atoms. The topological polar surface area (TPSA) is 145 Å². The van der Waals surface area contributed by atoms with Crippen LogP contribution in [-0.2, 0) is 18.4 Å². The van der Waals surface area contributed by atoms with Crippen molar-refractivity contribution in [3.63, 3.8) is 0 Å². The highest BCUT2D eigenvalue weighted by Crippen LogP contribution is 2.24. The van der Waals surface area contributed by atoms with E-state index in [0.29, 0.717) is 42.7 Å². The molecule has 0 saturated heterocycles. The van der Waals surface area contributed by atoms with Gasteiger partial charge in [0.25, 0.3) is 5.56 Å². The summed E-state index contributed by atoms with van der Waals surface area (Å²) in [5.41, 5.74) is 4.93. The maximum atomic E-state index is 13.2. The first-order valence-corrected chi connectivity index (χ1v) is 11.4. The zero-order valence-corrected chi connectivity index (χ0v) is 19.1. The van der Waals surface area contributed by atoms with Crippen LogP contribution < -0.4 is 21.9 Å². The summed E-state index contributed by atoms with van der Waals surface area (Å²) in [5, 5.41) is 8.78. The van der Waals surface area contributed by atoms with Crippen LogP contribution in [0, 0.1) is 0 Å². The molecule has 0 atom stereocenters. The minimum absolute atomic E-state index is 0.00573. The third kappa shape index (κ3) is 4.79. The maximum Gasteiger partial charge on any atom is 0.330 e. The molecule has 0 aliphatic carbocycles. The van der Waals surface area contributed by atoms with Crippen LogP contribution in [0.4, 0.5) is 11.5 Å². The second kappa shape index (κ2) is 10.4. The maximum absolute atomic E-state index is 13.2. The van der Waals surface area contributed by atoms with Crippen molar-refractivity contribution in [2.45, 2.75) is 44.8 Å². The summed E-state index contributed by atoms with van der Waals surface area (Å²) in [6.07, 6.45) is 3.69. The Morgan fingerprint density at radius 1 is 1.28 bits per heavy atom. The number of H-pyrrole nitrogens is 1. The van der Waals surface area contributed by atoms with E-state index >= 15 is 0 Å². The van der Waals surface area contributed by atoms with Gasteiger partial charge in [0.05, 0.1) is 12.0 Å². The Morgan fingerprint density at radius 2 is 2.06 bits per heavy atom. The minimum Gasteiger partial charge on any atom is -0.461 e. The first-order valence-electron chi connectivity index (χ1n) is 10.4. The lowest BCUT2D eigenvalue weighted by molar-refractivity contribution is -0.116. The highest BCUT2D eigenvalue weighted by molar-refractivity contribution is 7.99. The van der Waals surface area contributed by atoms with E-state index in [1.54, 1.807) is 30.0 Å². The average Bonchev–Trinajstić information content (AvgIpc) is 3.41. The number of hydrogen-bond donors (Lipinski definition) is 2. The van der Waals surface area contributed by atoms with Gasteiger partial charge in [0, 0.05) is 20.1 Å². The van der Waals surface area contributed by atoms with Gasteiger partial charge in [-0.1, -0.05) is 32.0 Å². The van der Waals surface area contributed by atoms with Crippen LogP contribution >= 0.6 is 11.8 Å². The third-order valence-electron chi connectivity index (χ3n) is 4.87. The number of hydrogen-bond acceptors (Lipinski definition) is 8. The largest absolute Gasteiger partial charge is 0.461 e. The molecular weight excluding hydrogens is 434 g/mol. The number of rotatable bonds is 10. The summed E-state index contributed by atoms with van der Waals surface area (Å²) in [7, 11) is 1.78. The lowest BCUT2D eigenvalue weighted by Crippen LogP contribution is -2.42. The van der Waals surface area contributed by atoms with Crippen molar-refractivity contribution in [2.75, 3.05) is 22.9 Å². The molecule has 0 radical (unpaired) electrons. The number of amides is 1. The Labute approximate surface area is 188 Å². The summed E-state index contributed by atoms with van der Waals surface area (Å²) in [4.78, 5) is 41.6. The summed E-state index contributed by atoms with van der Waals surface area (Å²) >= 11 is 1.19. The molecule has 3 heterocycles. The van der Waals surface area contributed by atoms with Gasteiger partial charge in [-0.3, -0.25) is 19.1 Å². The van der Waals surface area contributed by atoms with Gasteiger partial charge in [0.1, 0.15) is 5.82 Å². The van der Waals surface area contributed by atoms with Gasteiger partial charge >= 0.3 is 5.69 Å². The highest BCUT2D eigenvalue weighted by Gasteiger charge is 2.24. The SMILES string of the molecule is CCCCN(C(=O)CSc1nnc(-c2ccco2)n1C)c1c(N)n(CCC)c(=O)[nH]c1=O. The van der Waals surface area contributed by atoms with E-state index in [2.05, 4.69) is 15.2 Å². The second-order valence-corrected chi connectivity index (χ2v) is 8.12. The Morgan fingerprint density at radius 3 is 2.72 bits per heavy atom. The number of aromatic amines is 1. The fraction of sp³-hybridized carbons (Fsp3) is 0.450. The van der Waals surface area contributed by atoms with Crippen molar-refractivity contribution >= 4 is 29.2 Å². The molecule has 3 rings (SSSR count). The van der Waals surface area contributed by atoms with Crippen LogP contribution in [-0.4, -0.2) is 42.5 Å². The zero-order chi connectivity index (χ0) is 23.3. The summed E-state index contributed by atoms with van der Waals surface area (Å²) in [6, 6.07) is 3.53. The van der Waals surface area contributed by atoms with Gasteiger partial charge < -0.3 is 19.6 Å². The van der Waals surface area contributed by atoms with E-state index in [0.717, 1.165) is 6.42 Å². The van der Waals surface area contributed by atoms with Gasteiger partial charge in [0.15, 0.2) is 22.4 Å². The number of nitrogen functional groups attached to an aromatic ring is 1. The zero-order valence-electron chi connectivity index (χ0n) is 18.3. The Hall–Kier alpha value is -3.28. The second-order valence-electron chi connectivity index (χ2n) is 7.17. The van der Waals surface area contributed by atoms with Crippen LogP contribution in [0.1, 0.15) is 33.1 Å². The molecule has 0 aliphatic heterocycles. The lowest BCUT2D eigenvalue weighted by Gasteiger charge is -2.24. The monoisotopic (exact) mass is 461 g/mol. The molecule has 0 aromatic carbocycles. The van der Waals surface area contributed by atoms with Crippen molar-refractivity contribution in [1.82, 2.24) is 24.3 Å². The van der Waals surface area contributed by atoms with Crippen LogP contribution in [0.15, 0.2) is 37.6 Å². The standard InChI is InChI=1S/C20H27N7O4S/c1-4-6-10-26(15-16(21)27(9-5-2)19(30)22-18(15)29)14(28)12-32-20-24-23-17(25(20)3)13-8-7-11-31-13/h7-8,11H,4-6,9-10,12,21H2,1-3H3,(H,22,29,30). The van der Waals surface area contributed by atoms with Crippen LogP contribution in [0.2, 0.25) is 0 Å². The van der Waals surface area contributed by atoms with Crippen molar-refractivity contribution in [1.29, 1.82) is 0 Å². The smallest absolute Gasteiger partial charge is 0.330 e. The van der Waals surface area contributed by atoms with E-state index in [1.165, 1.54) is 21.2 Å². The number of aromatic nitrogens is 5. The predicted molar refractivity (Wildman–Crippen MR) is 123 cm³/mol. The number of carbonyl (C=O) groups excluding carboxylic acids is 1. The van der Waals surface area contributed by atoms with Gasteiger partial charge in [-0.25, -0.2) is 4.79 Å². The van der Waals surface area contributed by atoms with E-state index in [1.807, 2.05) is 13.8 Å². The van der Waals surface area contributed by atoms with Gasteiger partial charge in [-0.05, 0) is 25.0 Å². The number of anilines is 2. The molecule has 172 valence electrons. The molecule has 11 nitrogen and oxygen atoms in total. The molecule has 0 saturated carbocycles. The average molecular weight is 462 g/mol. The fourth-order valence-corrected chi connectivity index (χ4v) is 4.01. The van der Waals surface area contributed by atoms with Crippen LogP contribution in [0.3, 0.4) is 0 Å². The van der Waals surface area contributed by atoms with Gasteiger partial charge in [0.2, 0.25) is 5.91 Å². The van der Waals surface area contributed by atoms with E-state index in [4.69, 9.17) is 10.2 Å². The summed E-state index contributed by atoms with van der Waals surface area (Å²) in [6.45, 7) is 4.53. The molecule has 0 spiro atoms. The molecule has 1 amide bonds. The molecule has 0 fully saturated rings. The Kier molecular flexibility index (Phi) is 7.57. The number of nitrogens with one attached hydrogen (secondary N) is 1. The molecule has 3 aromatic rings. The molecule has 0 unspecified atom stereocenters. The molecule has 0 aliphatic rings. The number of nitrogens with zero attached hydrogens (tertiary/aromatic N) is 5. The third-order valence-corrected chi connectivity index (χ3v) is 5.87. The van der Waals surface area contributed by atoms with Crippen LogP contribution in [0.5, 0.6) is 0 Å². The van der Waals surface area contributed by atoms with Crippen molar-refractivity contribution in [3.05, 3.63) is 39.2 Å². The van der Waals surface area contributed by atoms with E-state index < -0.39 is 11.2 Å². The normalized spacial score (nSPS) is 11.1. The Bertz CT molecular complexity index is 1180. The molecule has 3 aromatic heterocycles. The predicted octanol–water partition coefficient (Wildman–Crippen LogP) is 1.84. The number of carbonyl (C=O) groups is 1. The fourth-order valence-electron chi connectivity index (χ4n) is 3.23. The van der Waals surface area contributed by atoms with Gasteiger partial charge in [-0.2, -0.15) is 0 Å². The van der Waals surface area contributed by atoms with Crippen molar-refractivity contribution in [2.24, 2.45) is 7.05 Å². The quantitative estimate of drug-likeness (QED) is 0.435. The molecular formula is C20H27N7O4S. The first-order chi connectivity index (χ1) is 15.4. The first kappa shape index (κ1) is 23.4. The lowest BCUT2D eigenvalue weighted by atomic mass is 10.2. The number of unbranched alkanes of at least 4 members (excludes halogenated alkanes) is 1. The number of thioether (sulfide) groups is 1. The Balaban J connectivity index is 1.86. The number of nitrogens with two attached hydrogens (primary N) is 1. The summed E-state index contributed by atoms with van der Waals surface area (Å²) in [5.74, 6) is 0.804.